The lowest BCUT2D eigenvalue weighted by molar-refractivity contribution is -0.146. The number of para-hydroxylation sites is 2. The Kier molecular flexibility index (Phi) is 3.42. The Bertz CT molecular complexity index is 1000. The first-order valence-electron chi connectivity index (χ1n) is 7.95. The van der Waals surface area contributed by atoms with Gasteiger partial charge in [0, 0.05) is 33.9 Å². The normalized spacial score (nSPS) is 18.6. The summed E-state index contributed by atoms with van der Waals surface area (Å²) in [4.78, 5) is 29.4. The number of nitrogens with one attached hydrogen (secondary N) is 2. The number of aromatic nitrogens is 1. The summed E-state index contributed by atoms with van der Waals surface area (Å²) in [5.41, 5.74) is 0.890. The van der Waals surface area contributed by atoms with Crippen molar-refractivity contribution in [2.24, 2.45) is 0 Å². The van der Waals surface area contributed by atoms with Crippen LogP contribution in [0, 0.1) is 0 Å². The number of hydrogen-bond acceptors (Lipinski definition) is 4. The van der Waals surface area contributed by atoms with Crippen LogP contribution in [0.1, 0.15) is 15.9 Å². The van der Waals surface area contributed by atoms with Gasteiger partial charge in [-0.05, 0) is 18.2 Å². The zero-order valence-electron chi connectivity index (χ0n) is 13.4. The quantitative estimate of drug-likeness (QED) is 0.436. The Morgan fingerprint density at radius 2 is 1.92 bits per heavy atom. The Labute approximate surface area is 144 Å². The van der Waals surface area contributed by atoms with Crippen molar-refractivity contribution >= 4 is 28.3 Å². The Morgan fingerprint density at radius 3 is 2.72 bits per heavy atom. The van der Waals surface area contributed by atoms with Gasteiger partial charge < -0.3 is 15.0 Å². The molecule has 0 bridgehead atoms. The molecule has 2 heterocycles. The van der Waals surface area contributed by atoms with E-state index in [4.69, 9.17) is 4.74 Å². The fourth-order valence-corrected chi connectivity index (χ4v) is 3.32. The minimum Gasteiger partial charge on any atom is -0.459 e. The molecule has 1 aromatic heterocycles. The van der Waals surface area contributed by atoms with Gasteiger partial charge in [0.05, 0.1) is 0 Å². The van der Waals surface area contributed by atoms with E-state index >= 15 is 0 Å². The van der Waals surface area contributed by atoms with Gasteiger partial charge in [-0.1, -0.05) is 43.0 Å². The predicted octanol–water partition coefficient (Wildman–Crippen LogP) is 3.40. The van der Waals surface area contributed by atoms with Gasteiger partial charge >= 0.3 is 5.97 Å². The number of esters is 1. The molecule has 5 heteroatoms. The zero-order chi connectivity index (χ0) is 17.4. The lowest BCUT2D eigenvalue weighted by atomic mass is 9.85. The van der Waals surface area contributed by atoms with Crippen molar-refractivity contribution in [1.29, 1.82) is 0 Å². The fourth-order valence-electron chi connectivity index (χ4n) is 3.32. The molecule has 0 spiro atoms. The van der Waals surface area contributed by atoms with Gasteiger partial charge in [-0.2, -0.15) is 0 Å². The summed E-state index contributed by atoms with van der Waals surface area (Å²) in [6.07, 6.45) is 3.17. The molecule has 4 rings (SSSR count). The molecule has 0 radical (unpaired) electrons. The van der Waals surface area contributed by atoms with Crippen molar-refractivity contribution in [1.82, 2.24) is 4.98 Å². The summed E-state index contributed by atoms with van der Waals surface area (Å²) in [5.74, 6) is -0.958. The number of ether oxygens (including phenoxy) is 1. The van der Waals surface area contributed by atoms with E-state index in [0.29, 0.717) is 16.8 Å². The SMILES string of the molecule is C=CCOC(=O)C1(c2c[nH]c3ccccc23)Nc2ccccc2C1=O. The summed E-state index contributed by atoms with van der Waals surface area (Å²) in [6.45, 7) is 3.60. The van der Waals surface area contributed by atoms with E-state index in [0.717, 1.165) is 10.9 Å². The first-order valence-corrected chi connectivity index (χ1v) is 7.95. The van der Waals surface area contributed by atoms with Crippen molar-refractivity contribution in [3.05, 3.63) is 78.5 Å². The number of H-pyrrole nitrogens is 1. The second-order valence-corrected chi connectivity index (χ2v) is 5.88. The average Bonchev–Trinajstić information content (AvgIpc) is 3.20. The smallest absolute Gasteiger partial charge is 0.345 e. The van der Waals surface area contributed by atoms with Gasteiger partial charge in [0.1, 0.15) is 6.61 Å². The molecule has 1 aliphatic rings. The standard InChI is InChI=1S/C20H16N2O3/c1-2-11-25-19(24)20(15-12-21-16-9-5-3-7-13(15)16)18(23)14-8-4-6-10-17(14)22-20/h2-10,12,21-22H,1,11H2. The van der Waals surface area contributed by atoms with Crippen molar-refractivity contribution in [3.63, 3.8) is 0 Å². The number of ketones is 1. The largest absolute Gasteiger partial charge is 0.459 e. The molecular formula is C20H16N2O3. The number of carbonyl (C=O) groups is 2. The van der Waals surface area contributed by atoms with Crippen LogP contribution in [-0.4, -0.2) is 23.3 Å². The highest BCUT2D eigenvalue weighted by Crippen LogP contribution is 2.42. The van der Waals surface area contributed by atoms with Crippen molar-refractivity contribution in [2.75, 3.05) is 11.9 Å². The van der Waals surface area contributed by atoms with Crippen LogP contribution in [0.25, 0.3) is 10.9 Å². The number of aromatic amines is 1. The highest BCUT2D eigenvalue weighted by molar-refractivity contribution is 6.26. The van der Waals surface area contributed by atoms with Crippen molar-refractivity contribution in [2.45, 2.75) is 5.54 Å². The highest BCUT2D eigenvalue weighted by atomic mass is 16.5. The van der Waals surface area contributed by atoms with E-state index in [2.05, 4.69) is 16.9 Å². The van der Waals surface area contributed by atoms with E-state index in [9.17, 15) is 9.59 Å². The third kappa shape index (κ3) is 2.09. The molecule has 124 valence electrons. The van der Waals surface area contributed by atoms with E-state index < -0.39 is 11.5 Å². The number of hydrogen-bond donors (Lipinski definition) is 2. The van der Waals surface area contributed by atoms with Gasteiger partial charge in [-0.3, -0.25) is 4.79 Å². The number of fused-ring (bicyclic) bond motifs is 2. The van der Waals surface area contributed by atoms with Crippen LogP contribution >= 0.6 is 0 Å². The molecule has 2 aromatic carbocycles. The van der Waals surface area contributed by atoms with Gasteiger partial charge in [-0.25, -0.2) is 4.79 Å². The van der Waals surface area contributed by atoms with Crippen molar-refractivity contribution in [3.8, 4) is 0 Å². The maximum absolute atomic E-state index is 13.3. The van der Waals surface area contributed by atoms with Gasteiger partial charge in [0.2, 0.25) is 11.3 Å². The van der Waals surface area contributed by atoms with Crippen LogP contribution < -0.4 is 5.32 Å². The number of Topliss-reactive ketones (excluding diaryl/α,β-unsaturated/α-hetero) is 1. The lowest BCUT2D eigenvalue weighted by Crippen LogP contribution is -2.47. The first kappa shape index (κ1) is 15.2. The Morgan fingerprint density at radius 1 is 1.16 bits per heavy atom. The third-order valence-electron chi connectivity index (χ3n) is 4.47. The predicted molar refractivity (Wildman–Crippen MR) is 95.5 cm³/mol. The molecule has 1 aliphatic heterocycles. The minimum atomic E-state index is -1.60. The molecule has 3 aromatic rings. The van der Waals surface area contributed by atoms with E-state index in [1.165, 1.54) is 6.08 Å². The molecule has 0 aliphatic carbocycles. The summed E-state index contributed by atoms with van der Waals surface area (Å²) in [6, 6.07) is 14.6. The van der Waals surface area contributed by atoms with Crippen LogP contribution in [0.15, 0.2) is 67.4 Å². The van der Waals surface area contributed by atoms with Gasteiger partial charge in [0.25, 0.3) is 0 Å². The zero-order valence-corrected chi connectivity index (χ0v) is 13.4. The monoisotopic (exact) mass is 332 g/mol. The van der Waals surface area contributed by atoms with Gasteiger partial charge in [0.15, 0.2) is 0 Å². The summed E-state index contributed by atoms with van der Waals surface area (Å²) >= 11 is 0. The molecule has 5 nitrogen and oxygen atoms in total. The van der Waals surface area contributed by atoms with E-state index in [1.807, 2.05) is 30.3 Å². The Balaban J connectivity index is 1.94. The maximum Gasteiger partial charge on any atom is 0.345 e. The molecule has 0 saturated heterocycles. The Hall–Kier alpha value is -3.34. The number of anilines is 1. The third-order valence-corrected chi connectivity index (χ3v) is 4.47. The fraction of sp³-hybridized carbons (Fsp3) is 0.100. The van der Waals surface area contributed by atoms with Crippen LogP contribution in [-0.2, 0) is 15.1 Å². The summed E-state index contributed by atoms with van der Waals surface area (Å²) in [7, 11) is 0. The van der Waals surface area contributed by atoms with Crippen LogP contribution in [0.5, 0.6) is 0 Å². The maximum atomic E-state index is 13.3. The molecule has 0 fully saturated rings. The molecule has 1 atom stereocenters. The van der Waals surface area contributed by atoms with Gasteiger partial charge in [-0.15, -0.1) is 0 Å². The van der Waals surface area contributed by atoms with Crippen LogP contribution in [0.2, 0.25) is 0 Å². The molecular weight excluding hydrogens is 316 g/mol. The number of rotatable bonds is 4. The van der Waals surface area contributed by atoms with Crippen LogP contribution in [0.3, 0.4) is 0 Å². The molecule has 2 N–H and O–H groups in total. The minimum absolute atomic E-state index is 0.0360. The molecule has 1 unspecified atom stereocenters. The summed E-state index contributed by atoms with van der Waals surface area (Å²) in [5, 5.41) is 3.92. The van der Waals surface area contributed by atoms with Crippen molar-refractivity contribution < 1.29 is 14.3 Å². The van der Waals surface area contributed by atoms with Crippen LogP contribution in [0.4, 0.5) is 5.69 Å². The van der Waals surface area contributed by atoms with E-state index in [-0.39, 0.29) is 12.4 Å². The number of carbonyl (C=O) groups excluding carboxylic acids is 2. The molecule has 25 heavy (non-hydrogen) atoms. The average molecular weight is 332 g/mol. The highest BCUT2D eigenvalue weighted by Gasteiger charge is 2.55. The first-order chi connectivity index (χ1) is 12.2. The molecule has 0 amide bonds. The second kappa shape index (κ2) is 5.63. The second-order valence-electron chi connectivity index (χ2n) is 5.88. The van der Waals surface area contributed by atoms with E-state index in [1.54, 1.807) is 24.4 Å². The molecule has 0 saturated carbocycles. The lowest BCUT2D eigenvalue weighted by Gasteiger charge is -2.26. The number of benzene rings is 2. The summed E-state index contributed by atoms with van der Waals surface area (Å²) < 4.78 is 5.30. The topological polar surface area (TPSA) is 71.2 Å².